The van der Waals surface area contributed by atoms with Gasteiger partial charge in [0.05, 0.1) is 34.7 Å². The molecule has 2 N–H and O–H groups in total. The normalized spacial score (nSPS) is 11.2. The lowest BCUT2D eigenvalue weighted by Gasteiger charge is -2.08. The molecule has 0 saturated heterocycles. The molecule has 5 nitrogen and oxygen atoms in total. The van der Waals surface area contributed by atoms with Crippen LogP contribution in [0.2, 0.25) is 0 Å². The third-order valence-electron chi connectivity index (χ3n) is 3.60. The number of rotatable bonds is 4. The van der Waals surface area contributed by atoms with Gasteiger partial charge in [0.1, 0.15) is 5.82 Å². The van der Waals surface area contributed by atoms with Crippen molar-refractivity contribution in [3.05, 3.63) is 41.5 Å². The molecule has 3 aromatic rings. The molecule has 0 aliphatic carbocycles. The number of nitrogens with one attached hydrogen (secondary N) is 2. The van der Waals surface area contributed by atoms with Crippen molar-refractivity contribution in [1.82, 2.24) is 19.7 Å². The number of nitrogens with zero attached hydrogens (tertiary/aromatic N) is 3. The molecule has 0 bridgehead atoms. The van der Waals surface area contributed by atoms with Crippen LogP contribution in [0.4, 0.5) is 5.69 Å². The van der Waals surface area contributed by atoms with Gasteiger partial charge in [-0.25, -0.2) is 4.98 Å². The van der Waals surface area contributed by atoms with E-state index in [-0.39, 0.29) is 0 Å². The summed E-state index contributed by atoms with van der Waals surface area (Å²) in [4.78, 5) is 4.71. The van der Waals surface area contributed by atoms with Gasteiger partial charge in [-0.15, -0.1) is 0 Å². The van der Waals surface area contributed by atoms with Crippen LogP contribution in [0, 0.1) is 13.8 Å². The second kappa shape index (κ2) is 5.00. The Morgan fingerprint density at radius 1 is 1.25 bits per heavy atom. The minimum absolute atomic E-state index is 0.698. The van der Waals surface area contributed by atoms with Gasteiger partial charge in [-0.05, 0) is 32.9 Å². The SMILES string of the molecule is CCn1c(CNc2c(C)n[nH]c2C)nc2ccccc21. The monoisotopic (exact) mass is 269 g/mol. The van der Waals surface area contributed by atoms with Crippen molar-refractivity contribution in [1.29, 1.82) is 0 Å². The zero-order chi connectivity index (χ0) is 14.1. The van der Waals surface area contributed by atoms with Crippen LogP contribution >= 0.6 is 0 Å². The van der Waals surface area contributed by atoms with Crippen LogP contribution in [0.1, 0.15) is 24.1 Å². The van der Waals surface area contributed by atoms with Gasteiger partial charge < -0.3 is 9.88 Å². The highest BCUT2D eigenvalue weighted by Gasteiger charge is 2.11. The fourth-order valence-corrected chi connectivity index (χ4v) is 2.59. The molecule has 0 aliphatic rings. The smallest absolute Gasteiger partial charge is 0.129 e. The van der Waals surface area contributed by atoms with Crippen molar-refractivity contribution in [2.24, 2.45) is 0 Å². The number of hydrogen-bond acceptors (Lipinski definition) is 3. The summed E-state index contributed by atoms with van der Waals surface area (Å²) in [5, 5.41) is 10.6. The highest BCUT2D eigenvalue weighted by Crippen LogP contribution is 2.19. The molecule has 0 fully saturated rings. The van der Waals surface area contributed by atoms with Gasteiger partial charge in [-0.1, -0.05) is 12.1 Å². The number of hydrogen-bond donors (Lipinski definition) is 2. The van der Waals surface area contributed by atoms with Crippen molar-refractivity contribution in [2.75, 3.05) is 5.32 Å². The lowest BCUT2D eigenvalue weighted by molar-refractivity contribution is 0.728. The molecule has 5 heteroatoms. The van der Waals surface area contributed by atoms with Crippen molar-refractivity contribution in [2.45, 2.75) is 33.9 Å². The molecule has 0 amide bonds. The molecular weight excluding hydrogens is 250 g/mol. The first-order chi connectivity index (χ1) is 9.70. The highest BCUT2D eigenvalue weighted by atomic mass is 15.2. The molecule has 0 unspecified atom stereocenters. The van der Waals surface area contributed by atoms with Gasteiger partial charge in [-0.3, -0.25) is 5.10 Å². The Labute approximate surface area is 118 Å². The van der Waals surface area contributed by atoms with E-state index in [4.69, 9.17) is 4.98 Å². The average Bonchev–Trinajstić information content (AvgIpc) is 2.97. The zero-order valence-corrected chi connectivity index (χ0v) is 12.1. The van der Waals surface area contributed by atoms with Gasteiger partial charge in [0.25, 0.3) is 0 Å². The lowest BCUT2D eigenvalue weighted by Crippen LogP contribution is -2.08. The molecule has 2 aromatic heterocycles. The summed E-state index contributed by atoms with van der Waals surface area (Å²) < 4.78 is 2.24. The Kier molecular flexibility index (Phi) is 3.18. The molecule has 0 spiro atoms. The fraction of sp³-hybridized carbons (Fsp3) is 0.333. The molecule has 0 aliphatic heterocycles. The third-order valence-corrected chi connectivity index (χ3v) is 3.60. The first-order valence-corrected chi connectivity index (χ1v) is 6.90. The van der Waals surface area contributed by atoms with E-state index < -0.39 is 0 Å². The minimum Gasteiger partial charge on any atom is -0.375 e. The van der Waals surface area contributed by atoms with Crippen LogP contribution in [0.15, 0.2) is 24.3 Å². The Hall–Kier alpha value is -2.30. The van der Waals surface area contributed by atoms with E-state index in [0.29, 0.717) is 6.54 Å². The van der Waals surface area contributed by atoms with Gasteiger partial charge in [-0.2, -0.15) is 5.10 Å². The van der Waals surface area contributed by atoms with Gasteiger partial charge in [0, 0.05) is 6.54 Å². The number of aryl methyl sites for hydroxylation is 3. The number of fused-ring (bicyclic) bond motifs is 1. The number of anilines is 1. The van der Waals surface area contributed by atoms with Crippen LogP contribution in [0.3, 0.4) is 0 Å². The average molecular weight is 269 g/mol. The maximum atomic E-state index is 4.71. The predicted molar refractivity (Wildman–Crippen MR) is 80.8 cm³/mol. The fourth-order valence-electron chi connectivity index (χ4n) is 2.59. The standard InChI is InChI=1S/C15H19N5/c1-4-20-13-8-6-5-7-12(13)17-14(20)9-16-15-10(2)18-19-11(15)3/h5-8,16H,4,9H2,1-3H3,(H,18,19). The van der Waals surface area contributed by atoms with Gasteiger partial charge in [0.2, 0.25) is 0 Å². The lowest BCUT2D eigenvalue weighted by atomic mass is 10.3. The molecule has 3 rings (SSSR count). The molecule has 20 heavy (non-hydrogen) atoms. The van der Waals surface area contributed by atoms with Crippen molar-refractivity contribution < 1.29 is 0 Å². The van der Waals surface area contributed by atoms with Crippen molar-refractivity contribution >= 4 is 16.7 Å². The molecule has 1 aromatic carbocycles. The van der Waals surface area contributed by atoms with Crippen LogP contribution in [-0.2, 0) is 13.1 Å². The Bertz CT molecular complexity index is 718. The second-order valence-corrected chi connectivity index (χ2v) is 4.92. The van der Waals surface area contributed by atoms with Crippen LogP contribution < -0.4 is 5.32 Å². The Morgan fingerprint density at radius 2 is 2.05 bits per heavy atom. The molecular formula is C15H19N5. The Balaban J connectivity index is 1.91. The summed E-state index contributed by atoms with van der Waals surface area (Å²) in [5.74, 6) is 1.05. The van der Waals surface area contributed by atoms with Crippen LogP contribution in [0.5, 0.6) is 0 Å². The quantitative estimate of drug-likeness (QED) is 0.765. The van der Waals surface area contributed by atoms with E-state index in [1.165, 1.54) is 5.52 Å². The molecule has 0 saturated carbocycles. The van der Waals surface area contributed by atoms with Crippen LogP contribution in [-0.4, -0.2) is 19.7 Å². The zero-order valence-electron chi connectivity index (χ0n) is 12.1. The number of para-hydroxylation sites is 2. The number of imidazole rings is 1. The van der Waals surface area contributed by atoms with Crippen LogP contribution in [0.25, 0.3) is 11.0 Å². The maximum Gasteiger partial charge on any atom is 0.129 e. The summed E-state index contributed by atoms with van der Waals surface area (Å²) in [7, 11) is 0. The van der Waals surface area contributed by atoms with E-state index in [9.17, 15) is 0 Å². The van der Waals surface area contributed by atoms with E-state index in [1.54, 1.807) is 0 Å². The summed E-state index contributed by atoms with van der Waals surface area (Å²) >= 11 is 0. The Morgan fingerprint density at radius 3 is 2.75 bits per heavy atom. The molecule has 0 radical (unpaired) electrons. The summed E-state index contributed by atoms with van der Waals surface area (Å²) in [5.41, 5.74) is 5.35. The molecule has 104 valence electrons. The van der Waals surface area contributed by atoms with Crippen molar-refractivity contribution in [3.8, 4) is 0 Å². The largest absolute Gasteiger partial charge is 0.375 e. The van der Waals surface area contributed by atoms with E-state index in [2.05, 4.69) is 45.2 Å². The van der Waals surface area contributed by atoms with Crippen molar-refractivity contribution in [3.63, 3.8) is 0 Å². The number of aromatic nitrogens is 4. The highest BCUT2D eigenvalue weighted by molar-refractivity contribution is 5.76. The number of benzene rings is 1. The topological polar surface area (TPSA) is 58.5 Å². The summed E-state index contributed by atoms with van der Waals surface area (Å²) in [6.07, 6.45) is 0. The van der Waals surface area contributed by atoms with Gasteiger partial charge >= 0.3 is 0 Å². The maximum absolute atomic E-state index is 4.71. The second-order valence-electron chi connectivity index (χ2n) is 4.92. The first-order valence-electron chi connectivity index (χ1n) is 6.90. The summed E-state index contributed by atoms with van der Waals surface area (Å²) in [6, 6.07) is 8.25. The molecule has 2 heterocycles. The van der Waals surface area contributed by atoms with E-state index >= 15 is 0 Å². The van der Waals surface area contributed by atoms with Gasteiger partial charge in [0.15, 0.2) is 0 Å². The third kappa shape index (κ3) is 2.05. The predicted octanol–water partition coefficient (Wildman–Crippen LogP) is 3.01. The minimum atomic E-state index is 0.698. The first kappa shape index (κ1) is 12.7. The number of H-pyrrole nitrogens is 1. The van der Waals surface area contributed by atoms with E-state index in [0.717, 1.165) is 35.0 Å². The van der Waals surface area contributed by atoms with E-state index in [1.807, 2.05) is 19.9 Å². The molecule has 0 atom stereocenters. The number of aromatic amines is 1. The summed E-state index contributed by atoms with van der Waals surface area (Å²) in [6.45, 7) is 7.77.